The average Bonchev–Trinajstić information content (AvgIpc) is 3.27. The third kappa shape index (κ3) is 3.55. The number of nitrogen functional groups attached to an aromatic ring is 1. The van der Waals surface area contributed by atoms with Crippen LogP contribution in [0.4, 0.5) is 19.0 Å². The van der Waals surface area contributed by atoms with Crippen LogP contribution in [0.15, 0.2) is 42.9 Å². The van der Waals surface area contributed by atoms with Gasteiger partial charge in [0.05, 0.1) is 59.0 Å². The molecule has 2 aromatic carbocycles. The first kappa shape index (κ1) is 21.5. The molecule has 2 aromatic heterocycles. The number of alkyl halides is 3. The summed E-state index contributed by atoms with van der Waals surface area (Å²) in [5.41, 5.74) is 8.10. The van der Waals surface area contributed by atoms with Gasteiger partial charge in [-0.05, 0) is 35.4 Å². The summed E-state index contributed by atoms with van der Waals surface area (Å²) in [4.78, 5) is 23.3. The van der Waals surface area contributed by atoms with Gasteiger partial charge in [0, 0.05) is 7.05 Å². The predicted molar refractivity (Wildman–Crippen MR) is 116 cm³/mol. The Labute approximate surface area is 190 Å². The van der Waals surface area contributed by atoms with E-state index in [0.29, 0.717) is 27.7 Å². The van der Waals surface area contributed by atoms with Crippen LogP contribution in [0.5, 0.6) is 0 Å². The Morgan fingerprint density at radius 3 is 2.82 bits per heavy atom. The molecule has 5 rings (SSSR count). The Morgan fingerprint density at radius 2 is 2.06 bits per heavy atom. The highest BCUT2D eigenvalue weighted by molar-refractivity contribution is 6.34. The summed E-state index contributed by atoms with van der Waals surface area (Å²) >= 11 is 6.42. The van der Waals surface area contributed by atoms with Gasteiger partial charge in [0.2, 0.25) is 0 Å². The number of rotatable bonds is 2. The van der Waals surface area contributed by atoms with Gasteiger partial charge in [0.1, 0.15) is 11.3 Å². The number of aromatic nitrogens is 3. The van der Waals surface area contributed by atoms with Crippen LogP contribution in [0.25, 0.3) is 16.6 Å². The number of benzene rings is 2. The Kier molecular flexibility index (Phi) is 4.95. The second-order valence-corrected chi connectivity index (χ2v) is 8.23. The molecule has 7 nitrogen and oxygen atoms in total. The van der Waals surface area contributed by atoms with Crippen LogP contribution in [-0.2, 0) is 17.5 Å². The van der Waals surface area contributed by atoms with Crippen molar-refractivity contribution in [3.63, 3.8) is 0 Å². The number of halogens is 4. The van der Waals surface area contributed by atoms with Crippen molar-refractivity contribution in [3.8, 4) is 0 Å². The molecule has 0 saturated heterocycles. The maximum Gasteiger partial charge on any atom is 0.416 e. The number of fused-ring (bicyclic) bond motifs is 4. The van der Waals surface area contributed by atoms with E-state index in [-0.39, 0.29) is 29.6 Å². The van der Waals surface area contributed by atoms with E-state index < -0.39 is 23.7 Å². The summed E-state index contributed by atoms with van der Waals surface area (Å²) in [6.45, 7) is 0.190. The fourth-order valence-corrected chi connectivity index (χ4v) is 4.35. The van der Waals surface area contributed by atoms with Crippen molar-refractivity contribution in [1.29, 1.82) is 0 Å². The highest BCUT2D eigenvalue weighted by Gasteiger charge is 2.34. The largest absolute Gasteiger partial charge is 0.416 e. The number of ether oxygens (including phenoxy) is 1. The lowest BCUT2D eigenvalue weighted by Gasteiger charge is -2.33. The highest BCUT2D eigenvalue weighted by atomic mass is 35.5. The van der Waals surface area contributed by atoms with Crippen LogP contribution in [0.1, 0.15) is 33.1 Å². The first-order valence-electron chi connectivity index (χ1n) is 9.91. The van der Waals surface area contributed by atoms with E-state index in [1.165, 1.54) is 11.0 Å². The fourth-order valence-electron chi connectivity index (χ4n) is 4.12. The zero-order chi connectivity index (χ0) is 23.5. The number of hydrogen-bond donors (Lipinski definition) is 1. The minimum absolute atomic E-state index is 0.0419. The summed E-state index contributed by atoms with van der Waals surface area (Å²) in [6, 6.07) is 6.06. The molecule has 1 amide bonds. The minimum atomic E-state index is -4.46. The number of hydrogen-bond acceptors (Lipinski definition) is 5. The summed E-state index contributed by atoms with van der Waals surface area (Å²) < 4.78 is 46.6. The molecule has 2 N–H and O–H groups in total. The molecule has 4 aromatic rings. The third-order valence-electron chi connectivity index (χ3n) is 5.85. The Hall–Kier alpha value is -3.37. The zero-order valence-corrected chi connectivity index (χ0v) is 18.0. The predicted octanol–water partition coefficient (Wildman–Crippen LogP) is 4.48. The van der Waals surface area contributed by atoms with E-state index in [9.17, 15) is 18.0 Å². The van der Waals surface area contributed by atoms with Crippen molar-refractivity contribution in [2.45, 2.75) is 18.8 Å². The molecule has 0 radical (unpaired) electrons. The van der Waals surface area contributed by atoms with Crippen LogP contribution in [0, 0.1) is 0 Å². The molecule has 0 saturated carbocycles. The number of nitrogens with zero attached hydrogens (tertiary/aromatic N) is 4. The van der Waals surface area contributed by atoms with Crippen LogP contribution < -0.4 is 5.73 Å². The van der Waals surface area contributed by atoms with Gasteiger partial charge in [-0.3, -0.25) is 9.20 Å². The molecule has 11 heteroatoms. The van der Waals surface area contributed by atoms with E-state index in [2.05, 4.69) is 9.97 Å². The van der Waals surface area contributed by atoms with Gasteiger partial charge in [0.25, 0.3) is 5.91 Å². The van der Waals surface area contributed by atoms with Crippen molar-refractivity contribution in [2.24, 2.45) is 0 Å². The van der Waals surface area contributed by atoms with Gasteiger partial charge in [-0.25, -0.2) is 9.97 Å². The molecule has 170 valence electrons. The Balaban J connectivity index is 1.54. The second-order valence-electron chi connectivity index (χ2n) is 7.83. The molecule has 1 aliphatic heterocycles. The molecule has 0 aliphatic carbocycles. The van der Waals surface area contributed by atoms with Gasteiger partial charge < -0.3 is 15.4 Å². The average molecular weight is 476 g/mol. The van der Waals surface area contributed by atoms with Crippen molar-refractivity contribution in [2.75, 3.05) is 19.4 Å². The van der Waals surface area contributed by atoms with Crippen molar-refractivity contribution in [3.05, 3.63) is 70.1 Å². The lowest BCUT2D eigenvalue weighted by molar-refractivity contribution is -0.137. The second kappa shape index (κ2) is 7.60. The smallest absolute Gasteiger partial charge is 0.382 e. The number of amides is 1. The quantitative estimate of drug-likeness (QED) is 0.462. The molecule has 0 fully saturated rings. The first-order valence-corrected chi connectivity index (χ1v) is 10.3. The summed E-state index contributed by atoms with van der Waals surface area (Å²) in [7, 11) is 1.57. The Bertz CT molecular complexity index is 1420. The van der Waals surface area contributed by atoms with Gasteiger partial charge in [-0.1, -0.05) is 17.7 Å². The summed E-state index contributed by atoms with van der Waals surface area (Å²) in [6.07, 6.45) is -1.33. The minimum Gasteiger partial charge on any atom is -0.382 e. The van der Waals surface area contributed by atoms with Crippen LogP contribution in [0.2, 0.25) is 5.02 Å². The summed E-state index contributed by atoms with van der Waals surface area (Å²) in [5, 5.41) is 0.176. The van der Waals surface area contributed by atoms with E-state index in [4.69, 9.17) is 22.1 Å². The van der Waals surface area contributed by atoms with Crippen molar-refractivity contribution < 1.29 is 22.7 Å². The SMILES string of the molecule is CN(C(=O)c1cc2c(cc1Cl)nc(N)c1cncn12)[C@@H]1COCc2cc(C(F)(F)F)ccc21. The monoisotopic (exact) mass is 475 g/mol. The first-order chi connectivity index (χ1) is 15.6. The molecular formula is C22H17ClF3N5O2. The highest BCUT2D eigenvalue weighted by Crippen LogP contribution is 2.36. The van der Waals surface area contributed by atoms with E-state index >= 15 is 0 Å². The molecule has 0 bridgehead atoms. The van der Waals surface area contributed by atoms with Gasteiger partial charge in [-0.15, -0.1) is 0 Å². The van der Waals surface area contributed by atoms with E-state index in [1.807, 2.05) is 0 Å². The molecule has 0 spiro atoms. The Morgan fingerprint density at radius 1 is 1.27 bits per heavy atom. The topological polar surface area (TPSA) is 85.8 Å². The molecule has 1 aliphatic rings. The fraction of sp³-hybridized carbons (Fsp3) is 0.227. The van der Waals surface area contributed by atoms with Gasteiger partial charge in [0.15, 0.2) is 0 Å². The zero-order valence-electron chi connectivity index (χ0n) is 17.2. The van der Waals surface area contributed by atoms with Crippen LogP contribution >= 0.6 is 11.6 Å². The van der Waals surface area contributed by atoms with Crippen molar-refractivity contribution in [1.82, 2.24) is 19.3 Å². The van der Waals surface area contributed by atoms with E-state index in [0.717, 1.165) is 12.1 Å². The van der Waals surface area contributed by atoms with E-state index in [1.54, 1.807) is 36.1 Å². The lowest BCUT2D eigenvalue weighted by atomic mass is 9.95. The van der Waals surface area contributed by atoms with Crippen LogP contribution in [0.3, 0.4) is 0 Å². The van der Waals surface area contributed by atoms with Crippen molar-refractivity contribution >= 4 is 39.9 Å². The molecule has 1 atom stereocenters. The number of imidazole rings is 1. The normalized spacial score (nSPS) is 16.2. The molecule has 3 heterocycles. The lowest BCUT2D eigenvalue weighted by Crippen LogP contribution is -2.36. The number of likely N-dealkylation sites (N-methyl/N-ethyl adjacent to an activating group) is 1. The summed E-state index contributed by atoms with van der Waals surface area (Å²) in [5.74, 6) is -0.130. The number of anilines is 1. The number of nitrogens with two attached hydrogens (primary N) is 1. The number of carbonyl (C=O) groups is 1. The third-order valence-corrected chi connectivity index (χ3v) is 6.16. The maximum atomic E-state index is 13.4. The standard InChI is InChI=1S/C22H17ClF3N5O2/c1-30(19-9-33-8-11-4-12(22(24,25)26)2-3-13(11)19)21(32)14-5-17-16(6-15(14)23)29-20(27)18-7-28-10-31(17)18/h2-7,10,19H,8-9H2,1H3,(H2,27,29)/t19-/m1/s1. The molecule has 33 heavy (non-hydrogen) atoms. The molecule has 0 unspecified atom stereocenters. The maximum absolute atomic E-state index is 13.4. The molecular weight excluding hydrogens is 459 g/mol. The van der Waals surface area contributed by atoms with Gasteiger partial charge in [-0.2, -0.15) is 13.2 Å². The van der Waals surface area contributed by atoms with Crippen LogP contribution in [-0.4, -0.2) is 38.8 Å². The number of carbonyl (C=O) groups excluding carboxylic acids is 1. The van der Waals surface area contributed by atoms with Gasteiger partial charge >= 0.3 is 6.18 Å².